The van der Waals surface area contributed by atoms with E-state index < -0.39 is 10.9 Å². The number of nitro benzene ring substituents is 1. The van der Waals surface area contributed by atoms with Gasteiger partial charge in [0.15, 0.2) is 5.69 Å². The molecule has 2 aromatic carbocycles. The van der Waals surface area contributed by atoms with Gasteiger partial charge in [0.25, 0.3) is 5.69 Å². The Morgan fingerprint density at radius 1 is 1.16 bits per heavy atom. The summed E-state index contributed by atoms with van der Waals surface area (Å²) in [6.07, 6.45) is 0. The summed E-state index contributed by atoms with van der Waals surface area (Å²) in [7, 11) is 0. The summed E-state index contributed by atoms with van der Waals surface area (Å²) in [6.45, 7) is 6.03. The van der Waals surface area contributed by atoms with Crippen molar-refractivity contribution in [1.29, 1.82) is 0 Å². The minimum absolute atomic E-state index is 0.101. The molecule has 0 heterocycles. The van der Waals surface area contributed by atoms with Gasteiger partial charge in [-0.3, -0.25) is 10.1 Å². The highest BCUT2D eigenvalue weighted by Crippen LogP contribution is 2.32. The first-order valence-electron chi connectivity index (χ1n) is 7.89. The first-order chi connectivity index (χ1) is 11.9. The zero-order valence-electron chi connectivity index (χ0n) is 14.3. The number of azo groups is 1. The summed E-state index contributed by atoms with van der Waals surface area (Å²) in [5, 5.41) is 19.2. The Bertz CT molecular complexity index is 798. The molecule has 0 saturated heterocycles. The molecule has 0 atom stereocenters. The van der Waals surface area contributed by atoms with Crippen molar-refractivity contribution >= 4 is 23.0 Å². The lowest BCUT2D eigenvalue weighted by Gasteiger charge is -2.06. The van der Waals surface area contributed by atoms with Gasteiger partial charge in [-0.2, -0.15) is 5.11 Å². The second-order valence-corrected chi connectivity index (χ2v) is 5.63. The molecule has 0 amide bonds. The molecule has 2 rings (SSSR count). The van der Waals surface area contributed by atoms with E-state index in [1.165, 1.54) is 6.07 Å². The number of nitrogens with zero attached hydrogens (tertiary/aromatic N) is 3. The standard InChI is InChI=1S/C18H19N3O4/c1-4-25-18(22)13-5-8-15(9-6-13)19-20-16-11-14(12(2)3)7-10-17(16)21(23)24/h5-12H,4H2,1-3H3. The molecule has 0 unspecified atom stereocenters. The second-order valence-electron chi connectivity index (χ2n) is 5.63. The van der Waals surface area contributed by atoms with E-state index in [4.69, 9.17) is 4.74 Å². The summed E-state index contributed by atoms with van der Waals surface area (Å²) in [4.78, 5) is 22.3. The van der Waals surface area contributed by atoms with Gasteiger partial charge in [0, 0.05) is 6.07 Å². The topological polar surface area (TPSA) is 94.2 Å². The van der Waals surface area contributed by atoms with E-state index in [1.807, 2.05) is 13.8 Å². The van der Waals surface area contributed by atoms with E-state index in [0.717, 1.165) is 5.56 Å². The monoisotopic (exact) mass is 341 g/mol. The SMILES string of the molecule is CCOC(=O)c1ccc(N=Nc2cc(C(C)C)ccc2[N+](=O)[O-])cc1. The van der Waals surface area contributed by atoms with Crippen molar-refractivity contribution in [3.8, 4) is 0 Å². The molecule has 7 heteroatoms. The number of carbonyl (C=O) groups excluding carboxylic acids is 1. The fraction of sp³-hybridized carbons (Fsp3) is 0.278. The van der Waals surface area contributed by atoms with Gasteiger partial charge >= 0.3 is 5.97 Å². The van der Waals surface area contributed by atoms with E-state index in [0.29, 0.717) is 17.9 Å². The van der Waals surface area contributed by atoms with E-state index >= 15 is 0 Å². The Hall–Kier alpha value is -3.09. The van der Waals surface area contributed by atoms with Crippen LogP contribution in [-0.4, -0.2) is 17.5 Å². The molecule has 0 bridgehead atoms. The quantitative estimate of drug-likeness (QED) is 0.308. The molecular weight excluding hydrogens is 322 g/mol. The summed E-state index contributed by atoms with van der Waals surface area (Å²) in [5.41, 5.74) is 1.94. The third-order valence-corrected chi connectivity index (χ3v) is 3.51. The van der Waals surface area contributed by atoms with Crippen molar-refractivity contribution in [3.63, 3.8) is 0 Å². The average Bonchev–Trinajstić information content (AvgIpc) is 2.60. The summed E-state index contributed by atoms with van der Waals surface area (Å²) in [5.74, 6) is -0.190. The van der Waals surface area contributed by atoms with E-state index in [1.54, 1.807) is 43.3 Å². The average molecular weight is 341 g/mol. The summed E-state index contributed by atoms with van der Waals surface area (Å²) < 4.78 is 4.91. The first kappa shape index (κ1) is 18.3. The predicted molar refractivity (Wildman–Crippen MR) is 93.8 cm³/mol. The number of hydrogen-bond acceptors (Lipinski definition) is 6. The van der Waals surface area contributed by atoms with Crippen LogP contribution in [0.15, 0.2) is 52.7 Å². The Morgan fingerprint density at radius 2 is 1.84 bits per heavy atom. The number of hydrogen-bond donors (Lipinski definition) is 0. The van der Waals surface area contributed by atoms with Gasteiger partial charge in [-0.1, -0.05) is 19.9 Å². The van der Waals surface area contributed by atoms with Gasteiger partial charge in [-0.25, -0.2) is 4.79 Å². The van der Waals surface area contributed by atoms with Crippen molar-refractivity contribution in [2.24, 2.45) is 10.2 Å². The van der Waals surface area contributed by atoms with Gasteiger partial charge in [-0.15, -0.1) is 5.11 Å². The minimum Gasteiger partial charge on any atom is -0.462 e. The number of benzene rings is 2. The Kier molecular flexibility index (Phi) is 5.94. The molecule has 0 N–H and O–H groups in total. The number of ether oxygens (including phenoxy) is 1. The lowest BCUT2D eigenvalue weighted by Crippen LogP contribution is -2.03. The maximum absolute atomic E-state index is 11.6. The van der Waals surface area contributed by atoms with Crippen LogP contribution in [0.3, 0.4) is 0 Å². The van der Waals surface area contributed by atoms with Crippen molar-refractivity contribution in [2.75, 3.05) is 6.61 Å². The molecule has 0 radical (unpaired) electrons. The van der Waals surface area contributed by atoms with E-state index in [-0.39, 0.29) is 17.3 Å². The highest BCUT2D eigenvalue weighted by Gasteiger charge is 2.15. The maximum Gasteiger partial charge on any atom is 0.338 e. The zero-order chi connectivity index (χ0) is 18.4. The molecule has 130 valence electrons. The van der Waals surface area contributed by atoms with Crippen LogP contribution in [-0.2, 0) is 4.74 Å². The van der Waals surface area contributed by atoms with Gasteiger partial charge in [0.2, 0.25) is 0 Å². The van der Waals surface area contributed by atoms with Crippen LogP contribution in [0.1, 0.15) is 42.6 Å². The number of nitro groups is 1. The molecule has 0 aliphatic rings. The van der Waals surface area contributed by atoms with Crippen LogP contribution >= 0.6 is 0 Å². The molecule has 0 aliphatic carbocycles. The lowest BCUT2D eigenvalue weighted by atomic mass is 10.0. The van der Waals surface area contributed by atoms with Crippen LogP contribution in [0.4, 0.5) is 17.1 Å². The lowest BCUT2D eigenvalue weighted by molar-refractivity contribution is -0.384. The Balaban J connectivity index is 2.27. The van der Waals surface area contributed by atoms with Crippen LogP contribution in [0.5, 0.6) is 0 Å². The molecule has 7 nitrogen and oxygen atoms in total. The second kappa shape index (κ2) is 8.14. The molecule has 25 heavy (non-hydrogen) atoms. The Morgan fingerprint density at radius 3 is 2.40 bits per heavy atom. The molecule has 0 aliphatic heterocycles. The fourth-order valence-electron chi connectivity index (χ4n) is 2.12. The largest absolute Gasteiger partial charge is 0.462 e. The summed E-state index contributed by atoms with van der Waals surface area (Å²) in [6, 6.07) is 11.2. The Labute approximate surface area is 145 Å². The molecule has 2 aromatic rings. The van der Waals surface area contributed by atoms with Crippen LogP contribution < -0.4 is 0 Å². The van der Waals surface area contributed by atoms with Crippen LogP contribution in [0.25, 0.3) is 0 Å². The van der Waals surface area contributed by atoms with Gasteiger partial charge in [0.1, 0.15) is 0 Å². The molecular formula is C18H19N3O4. The highest BCUT2D eigenvalue weighted by atomic mass is 16.6. The van der Waals surface area contributed by atoms with Crippen molar-refractivity contribution in [3.05, 3.63) is 63.7 Å². The molecule has 0 spiro atoms. The summed E-state index contributed by atoms with van der Waals surface area (Å²) >= 11 is 0. The number of carbonyl (C=O) groups is 1. The molecule has 0 aromatic heterocycles. The number of esters is 1. The van der Waals surface area contributed by atoms with Crippen molar-refractivity contribution < 1.29 is 14.5 Å². The maximum atomic E-state index is 11.6. The smallest absolute Gasteiger partial charge is 0.338 e. The van der Waals surface area contributed by atoms with Crippen molar-refractivity contribution in [2.45, 2.75) is 26.7 Å². The molecule has 0 saturated carbocycles. The van der Waals surface area contributed by atoms with Gasteiger partial charge in [0.05, 0.1) is 22.8 Å². The third kappa shape index (κ3) is 4.69. The third-order valence-electron chi connectivity index (χ3n) is 3.51. The fourth-order valence-corrected chi connectivity index (χ4v) is 2.12. The van der Waals surface area contributed by atoms with Crippen LogP contribution in [0.2, 0.25) is 0 Å². The molecule has 0 fully saturated rings. The highest BCUT2D eigenvalue weighted by molar-refractivity contribution is 5.89. The minimum atomic E-state index is -0.484. The first-order valence-corrected chi connectivity index (χ1v) is 7.89. The van der Waals surface area contributed by atoms with Crippen molar-refractivity contribution in [1.82, 2.24) is 0 Å². The van der Waals surface area contributed by atoms with E-state index in [2.05, 4.69) is 10.2 Å². The van der Waals surface area contributed by atoms with Crippen LogP contribution in [0, 0.1) is 10.1 Å². The van der Waals surface area contributed by atoms with Gasteiger partial charge in [-0.05, 0) is 48.7 Å². The number of rotatable bonds is 6. The van der Waals surface area contributed by atoms with E-state index in [9.17, 15) is 14.9 Å². The van der Waals surface area contributed by atoms with Gasteiger partial charge < -0.3 is 4.74 Å². The predicted octanol–water partition coefficient (Wildman–Crippen LogP) is 5.31. The zero-order valence-corrected chi connectivity index (χ0v) is 14.3. The normalized spacial score (nSPS) is 11.0.